The Hall–Kier alpha value is -1.38. The van der Waals surface area contributed by atoms with Gasteiger partial charge in [-0.25, -0.2) is 0 Å². The number of phenols is 2. The standard InChI is InChI=1S/C28H50O3/c1-4-7-10-13-15-17-20-24-23-26(29)27(30)28(31-22-19-12-9-6-3)25(24)21-18-16-14-11-8-5-2/h23,29-30H,4-22H2,1-3H3. The highest BCUT2D eigenvalue weighted by molar-refractivity contribution is 5.58. The Kier molecular flexibility index (Phi) is 16.3. The van der Waals surface area contributed by atoms with Crippen molar-refractivity contribution >= 4 is 0 Å². The minimum absolute atomic E-state index is 0.0313. The highest BCUT2D eigenvalue weighted by Gasteiger charge is 2.18. The lowest BCUT2D eigenvalue weighted by atomic mass is 9.94. The first-order chi connectivity index (χ1) is 15.2. The second kappa shape index (κ2) is 18.2. The smallest absolute Gasteiger partial charge is 0.200 e. The van der Waals surface area contributed by atoms with Gasteiger partial charge in [-0.3, -0.25) is 0 Å². The minimum atomic E-state index is -0.0665. The number of phenolic OH excluding ortho intramolecular Hbond substituents is 2. The van der Waals surface area contributed by atoms with Crippen LogP contribution in [0.2, 0.25) is 0 Å². The highest BCUT2D eigenvalue weighted by atomic mass is 16.5. The number of unbranched alkanes of at least 4 members (excludes halogenated alkanes) is 13. The molecule has 180 valence electrons. The molecule has 0 aliphatic heterocycles. The summed E-state index contributed by atoms with van der Waals surface area (Å²) in [5.41, 5.74) is 2.30. The van der Waals surface area contributed by atoms with Crippen LogP contribution < -0.4 is 4.74 Å². The van der Waals surface area contributed by atoms with E-state index in [9.17, 15) is 10.2 Å². The van der Waals surface area contributed by atoms with Crippen molar-refractivity contribution in [3.8, 4) is 17.2 Å². The zero-order valence-electron chi connectivity index (χ0n) is 20.8. The zero-order chi connectivity index (χ0) is 22.7. The Bertz CT molecular complexity index is 568. The van der Waals surface area contributed by atoms with E-state index in [2.05, 4.69) is 20.8 Å². The van der Waals surface area contributed by atoms with Gasteiger partial charge < -0.3 is 14.9 Å². The molecule has 0 amide bonds. The van der Waals surface area contributed by atoms with Crippen LogP contribution in [-0.4, -0.2) is 16.8 Å². The molecule has 1 aromatic rings. The van der Waals surface area contributed by atoms with Crippen molar-refractivity contribution in [3.63, 3.8) is 0 Å². The van der Waals surface area contributed by atoms with E-state index >= 15 is 0 Å². The van der Waals surface area contributed by atoms with Crippen LogP contribution in [0, 0.1) is 0 Å². The third-order valence-corrected chi connectivity index (χ3v) is 6.25. The van der Waals surface area contributed by atoms with E-state index in [0.717, 1.165) is 44.1 Å². The first kappa shape index (κ1) is 27.7. The van der Waals surface area contributed by atoms with Gasteiger partial charge in [-0.2, -0.15) is 0 Å². The summed E-state index contributed by atoms with van der Waals surface area (Å²) in [4.78, 5) is 0. The molecular formula is C28H50O3. The molecule has 3 heteroatoms. The number of benzene rings is 1. The molecule has 31 heavy (non-hydrogen) atoms. The van der Waals surface area contributed by atoms with Crippen LogP contribution in [0.4, 0.5) is 0 Å². The Labute approximate surface area is 192 Å². The van der Waals surface area contributed by atoms with E-state index in [0.29, 0.717) is 12.4 Å². The molecule has 3 nitrogen and oxygen atoms in total. The predicted octanol–water partition coefficient (Wildman–Crippen LogP) is 8.86. The molecular weight excluding hydrogens is 384 g/mol. The van der Waals surface area contributed by atoms with Crippen LogP contribution in [0.25, 0.3) is 0 Å². The van der Waals surface area contributed by atoms with Crippen molar-refractivity contribution in [3.05, 3.63) is 17.2 Å². The van der Waals surface area contributed by atoms with Gasteiger partial charge in [-0.15, -0.1) is 0 Å². The monoisotopic (exact) mass is 434 g/mol. The molecule has 0 saturated heterocycles. The molecule has 0 saturated carbocycles. The normalized spacial score (nSPS) is 11.2. The van der Waals surface area contributed by atoms with Gasteiger partial charge in [0.05, 0.1) is 6.61 Å². The van der Waals surface area contributed by atoms with Crippen molar-refractivity contribution in [1.29, 1.82) is 0 Å². The molecule has 1 rings (SSSR count). The molecule has 0 unspecified atom stereocenters. The molecule has 0 aromatic heterocycles. The first-order valence-electron chi connectivity index (χ1n) is 13.3. The molecule has 0 atom stereocenters. The lowest BCUT2D eigenvalue weighted by Crippen LogP contribution is -2.05. The summed E-state index contributed by atoms with van der Waals surface area (Å²) in [5.74, 6) is 0.449. The second-order valence-electron chi connectivity index (χ2n) is 9.16. The van der Waals surface area contributed by atoms with Crippen LogP contribution in [-0.2, 0) is 12.8 Å². The van der Waals surface area contributed by atoms with Gasteiger partial charge in [0, 0.05) is 5.56 Å². The Morgan fingerprint density at radius 2 is 1.10 bits per heavy atom. The number of aryl methyl sites for hydroxylation is 1. The molecule has 0 fully saturated rings. The fraction of sp³-hybridized carbons (Fsp3) is 0.786. The largest absolute Gasteiger partial charge is 0.504 e. The molecule has 0 radical (unpaired) electrons. The molecule has 2 N–H and O–H groups in total. The summed E-state index contributed by atoms with van der Waals surface area (Å²) < 4.78 is 6.08. The molecule has 1 aromatic carbocycles. The van der Waals surface area contributed by atoms with Crippen LogP contribution in [0.5, 0.6) is 17.2 Å². The van der Waals surface area contributed by atoms with Gasteiger partial charge in [-0.1, -0.05) is 104 Å². The SMILES string of the molecule is CCCCCCCCc1cc(O)c(O)c(OCCCCCC)c1CCCCCCCC. The van der Waals surface area contributed by atoms with Gasteiger partial charge in [-0.05, 0) is 43.7 Å². The first-order valence-corrected chi connectivity index (χ1v) is 13.3. The van der Waals surface area contributed by atoms with Crippen molar-refractivity contribution in [2.24, 2.45) is 0 Å². The molecule has 0 bridgehead atoms. The number of ether oxygens (including phenoxy) is 1. The second-order valence-corrected chi connectivity index (χ2v) is 9.16. The summed E-state index contributed by atoms with van der Waals surface area (Å²) in [6.45, 7) is 7.31. The van der Waals surface area contributed by atoms with Gasteiger partial charge in [0.2, 0.25) is 5.75 Å². The van der Waals surface area contributed by atoms with E-state index in [4.69, 9.17) is 4.74 Å². The maximum atomic E-state index is 10.6. The van der Waals surface area contributed by atoms with Crippen molar-refractivity contribution < 1.29 is 14.9 Å². The quantitative estimate of drug-likeness (QED) is 0.159. The van der Waals surface area contributed by atoms with Gasteiger partial charge in [0.1, 0.15) is 0 Å². The van der Waals surface area contributed by atoms with Gasteiger partial charge >= 0.3 is 0 Å². The van der Waals surface area contributed by atoms with Gasteiger partial charge in [0.15, 0.2) is 11.5 Å². The summed E-state index contributed by atoms with van der Waals surface area (Å²) >= 11 is 0. The maximum absolute atomic E-state index is 10.6. The lowest BCUT2D eigenvalue weighted by Gasteiger charge is -2.18. The van der Waals surface area contributed by atoms with Crippen molar-refractivity contribution in [1.82, 2.24) is 0 Å². The van der Waals surface area contributed by atoms with Crippen LogP contribution in [0.1, 0.15) is 135 Å². The van der Waals surface area contributed by atoms with Crippen molar-refractivity contribution in [2.45, 2.75) is 136 Å². The van der Waals surface area contributed by atoms with E-state index in [-0.39, 0.29) is 11.5 Å². The third kappa shape index (κ3) is 11.7. The predicted molar refractivity (Wildman–Crippen MR) is 134 cm³/mol. The number of hydrogen-bond donors (Lipinski definition) is 2. The van der Waals surface area contributed by atoms with Crippen LogP contribution >= 0.6 is 0 Å². The highest BCUT2D eigenvalue weighted by Crippen LogP contribution is 2.42. The Morgan fingerprint density at radius 3 is 1.68 bits per heavy atom. The molecule has 0 spiro atoms. The Morgan fingerprint density at radius 1 is 0.613 bits per heavy atom. The minimum Gasteiger partial charge on any atom is -0.504 e. The van der Waals surface area contributed by atoms with Crippen molar-refractivity contribution in [2.75, 3.05) is 6.61 Å². The van der Waals surface area contributed by atoms with E-state index < -0.39 is 0 Å². The molecule has 0 aliphatic rings. The van der Waals surface area contributed by atoms with E-state index in [1.54, 1.807) is 6.07 Å². The fourth-order valence-electron chi connectivity index (χ4n) is 4.26. The average molecular weight is 435 g/mol. The third-order valence-electron chi connectivity index (χ3n) is 6.25. The topological polar surface area (TPSA) is 49.7 Å². The van der Waals surface area contributed by atoms with Crippen LogP contribution in [0.15, 0.2) is 6.07 Å². The molecule has 0 aliphatic carbocycles. The lowest BCUT2D eigenvalue weighted by molar-refractivity contribution is 0.279. The van der Waals surface area contributed by atoms with E-state index in [1.807, 2.05) is 0 Å². The fourth-order valence-corrected chi connectivity index (χ4v) is 4.26. The van der Waals surface area contributed by atoms with Crippen LogP contribution in [0.3, 0.4) is 0 Å². The summed E-state index contributed by atoms with van der Waals surface area (Å²) in [5, 5.41) is 20.9. The number of rotatable bonds is 20. The molecule has 0 heterocycles. The Balaban J connectivity index is 2.80. The summed E-state index contributed by atoms with van der Waals surface area (Å²) in [6.07, 6.45) is 21.5. The maximum Gasteiger partial charge on any atom is 0.200 e. The van der Waals surface area contributed by atoms with E-state index in [1.165, 1.54) is 82.6 Å². The average Bonchev–Trinajstić information content (AvgIpc) is 2.77. The summed E-state index contributed by atoms with van der Waals surface area (Å²) in [7, 11) is 0. The van der Waals surface area contributed by atoms with Gasteiger partial charge in [0.25, 0.3) is 0 Å². The number of aromatic hydroxyl groups is 2. The zero-order valence-corrected chi connectivity index (χ0v) is 20.8. The number of hydrogen-bond acceptors (Lipinski definition) is 3. The summed E-state index contributed by atoms with van der Waals surface area (Å²) in [6, 6.07) is 1.79.